The Balaban J connectivity index is 0.000000149. The van der Waals surface area contributed by atoms with E-state index in [0.717, 1.165) is 156 Å². The van der Waals surface area contributed by atoms with Crippen molar-refractivity contribution in [2.75, 3.05) is 0 Å². The summed E-state index contributed by atoms with van der Waals surface area (Å²) in [7, 11) is 0. The summed E-state index contributed by atoms with van der Waals surface area (Å²) in [4.78, 5) is 34.7. The van der Waals surface area contributed by atoms with Crippen molar-refractivity contribution < 1.29 is 93.7 Å². The molecule has 12 aromatic carbocycles. The van der Waals surface area contributed by atoms with E-state index in [4.69, 9.17) is 13.3 Å². The molecule has 11 heterocycles. The Morgan fingerprint density at radius 1 is 0.252 bits per heavy atom. The maximum absolute atomic E-state index is 6.01. The Labute approximate surface area is 843 Å². The third-order valence-electron chi connectivity index (χ3n) is 20.6. The molecule has 11 aromatic heterocycles. The van der Waals surface area contributed by atoms with Crippen molar-refractivity contribution in [3.63, 3.8) is 0 Å². The van der Waals surface area contributed by atoms with E-state index in [1.54, 1.807) is 24.8 Å². The van der Waals surface area contributed by atoms with Crippen molar-refractivity contribution in [2.24, 2.45) is 0 Å². The zero-order valence-corrected chi connectivity index (χ0v) is 84.7. The molecule has 0 unspecified atom stereocenters. The van der Waals surface area contributed by atoms with Crippen molar-refractivity contribution in [1.29, 1.82) is 0 Å². The van der Waals surface area contributed by atoms with Gasteiger partial charge in [0, 0.05) is 151 Å². The van der Waals surface area contributed by atoms with Gasteiger partial charge in [-0.2, -0.15) is 36.4 Å². The molecule has 135 heavy (non-hydrogen) atoms. The first-order chi connectivity index (χ1) is 64.3. The molecule has 0 spiro atoms. The van der Waals surface area contributed by atoms with Crippen molar-refractivity contribution in [1.82, 2.24) is 39.9 Å². The molecule has 23 rings (SSSR count). The summed E-state index contributed by atoms with van der Waals surface area (Å²) in [5.41, 5.74) is 27.0. The maximum Gasteiger partial charge on any atom is 0.120 e. The summed E-state index contributed by atoms with van der Waals surface area (Å²) >= 11 is 0. The van der Waals surface area contributed by atoms with Gasteiger partial charge in [0.25, 0.3) is 0 Å². The number of para-hydroxylation sites is 3. The summed E-state index contributed by atoms with van der Waals surface area (Å²) < 4.78 is 17.8. The molecule has 0 N–H and O–H groups in total. The van der Waals surface area contributed by atoms with Crippen LogP contribution in [0.5, 0.6) is 0 Å². The predicted molar refractivity (Wildman–Crippen MR) is 534 cm³/mol. The van der Waals surface area contributed by atoms with Crippen LogP contribution in [-0.2, 0) is 85.8 Å². The quantitative estimate of drug-likeness (QED) is 0.134. The molecular formula is C120H92Ir4N8O3-8. The Hall–Kier alpha value is -14.2. The minimum atomic E-state index is 0. The Morgan fingerprint density at radius 2 is 0.659 bits per heavy atom. The van der Waals surface area contributed by atoms with Crippen LogP contribution >= 0.6 is 0 Å². The zero-order valence-electron chi connectivity index (χ0n) is 75.1. The topological polar surface area (TPSA) is 143 Å². The van der Waals surface area contributed by atoms with Crippen LogP contribution < -0.4 is 0 Å². The first kappa shape index (κ1) is 101. The molecular weight excluding hydrogens is 2370 g/mol. The molecule has 0 aliphatic rings. The molecule has 15 heteroatoms. The number of benzene rings is 12. The van der Waals surface area contributed by atoms with Crippen LogP contribution in [0.3, 0.4) is 0 Å². The fourth-order valence-electron chi connectivity index (χ4n) is 14.0. The van der Waals surface area contributed by atoms with Gasteiger partial charge in [-0.15, -0.1) is 203 Å². The summed E-state index contributed by atoms with van der Waals surface area (Å²) in [6.45, 7) is 14.7. The molecule has 0 fully saturated rings. The van der Waals surface area contributed by atoms with Gasteiger partial charge in [-0.05, 0) is 156 Å². The van der Waals surface area contributed by atoms with E-state index >= 15 is 0 Å². The Morgan fingerprint density at radius 3 is 1.09 bits per heavy atom. The van der Waals surface area contributed by atoms with Crippen molar-refractivity contribution >= 4 is 65.8 Å². The molecule has 23 aromatic rings. The van der Waals surface area contributed by atoms with Gasteiger partial charge in [0.1, 0.15) is 16.7 Å². The molecule has 0 amide bonds. The van der Waals surface area contributed by atoms with E-state index in [1.807, 2.05) is 350 Å². The standard InChI is InChI=1S/C21H20N.2C18H12NO.C17H10NO.2C12H10N.C11H8N.C6H5.C5H5N.4Ir/c1-21(2,3)19-12-13-22-20(15-19)18-11-7-10-17(14-18)16-8-5-4-6-9-16;2*1-12-6-4-10-16(19-12)15-9-5-8-14-13-7-2-3-11-17(13)20-18(14)15;1-2-7-16-13(5-1)14-11-12(8-9-17(14)19-16)15-6-3-4-10-18-15;2*1-10-7-8-12(13-9-10)11-5-3-2-4-6-11;1-2-6-10(7-3-1)11-8-4-5-9-12-11;2*1-2-4-6-5-3-1;;;;/h4-10,12-15H,1-3H3;2*2-8,10-11H,1H3;1-7,9-11H;2*2-5,7-9H,1H3;1-6,8-9H;2*1-5H;;;;/q8*-1;;;;;. The van der Waals surface area contributed by atoms with E-state index in [1.165, 1.54) is 27.8 Å². The van der Waals surface area contributed by atoms with Gasteiger partial charge in [-0.1, -0.05) is 218 Å². The van der Waals surface area contributed by atoms with E-state index in [2.05, 4.69) is 194 Å². The summed E-state index contributed by atoms with van der Waals surface area (Å²) in [6.07, 6.45) is 12.7. The number of nitrogens with zero attached hydrogens (tertiary/aromatic N) is 8. The number of aryl methyl sites for hydroxylation is 4. The average Bonchev–Trinajstić information content (AvgIpc) is 1.62. The second kappa shape index (κ2) is 51.8. The van der Waals surface area contributed by atoms with Gasteiger partial charge in [0.2, 0.25) is 0 Å². The molecule has 0 bridgehead atoms. The van der Waals surface area contributed by atoms with Crippen molar-refractivity contribution in [2.45, 2.75) is 53.9 Å². The smallest absolute Gasteiger partial charge is 0.120 e. The first-order valence-corrected chi connectivity index (χ1v) is 43.0. The van der Waals surface area contributed by atoms with Crippen molar-refractivity contribution in [3.8, 4) is 89.9 Å². The van der Waals surface area contributed by atoms with Crippen LogP contribution in [0.1, 0.15) is 48.8 Å². The van der Waals surface area contributed by atoms with Crippen LogP contribution in [0, 0.1) is 76.2 Å². The van der Waals surface area contributed by atoms with Crippen LogP contribution in [0.15, 0.2) is 445 Å². The second-order valence-electron chi connectivity index (χ2n) is 31.3. The fraction of sp³-hybridized carbons (Fsp3) is 0.0667. The zero-order chi connectivity index (χ0) is 90.2. The van der Waals surface area contributed by atoms with E-state index < -0.39 is 0 Å². The number of rotatable bonds is 8. The SMILES string of the molecule is CC(C)(C)c1ccnc(-c2[c-]ccc(-c3ccccc3)c2)c1.Cc1ccc(-c2[c-]cccc2)nc1.Cc1ccc(-c2[c-]cccc2)nc1.Cc1cccc(-c2[c-]ccc3c2oc2ccccc23)n1.Cc1cccc(-c2[c-]ccc3c2oc2ccccc23)n1.[Ir].[Ir].[Ir].[Ir].[c-]1cc2oc3ccccc3c2cc1-c1ccccn1.[c-]1ccccc1.[c-]1ccccc1-c1ccccn1.c1ccncc1. The van der Waals surface area contributed by atoms with Crippen LogP contribution in [-0.4, -0.2) is 39.9 Å². The number of hydrogen-bond acceptors (Lipinski definition) is 11. The third kappa shape index (κ3) is 28.5. The second-order valence-corrected chi connectivity index (χ2v) is 31.3. The molecule has 0 aliphatic carbocycles. The predicted octanol–water partition coefficient (Wildman–Crippen LogP) is 30.3. The van der Waals surface area contributed by atoms with Crippen LogP contribution in [0.2, 0.25) is 0 Å². The molecule has 674 valence electrons. The molecule has 0 saturated carbocycles. The molecule has 0 aliphatic heterocycles. The first-order valence-electron chi connectivity index (χ1n) is 43.0. The maximum atomic E-state index is 6.01. The molecule has 4 radical (unpaired) electrons. The minimum Gasteiger partial charge on any atom is -0.501 e. The van der Waals surface area contributed by atoms with Crippen molar-refractivity contribution in [3.05, 3.63) is 508 Å². The van der Waals surface area contributed by atoms with Gasteiger partial charge in [-0.3, -0.25) is 4.98 Å². The minimum absolute atomic E-state index is 0. The average molecular weight is 2460 g/mol. The van der Waals surface area contributed by atoms with E-state index in [-0.39, 0.29) is 85.8 Å². The van der Waals surface area contributed by atoms with Crippen LogP contribution in [0.25, 0.3) is 156 Å². The third-order valence-corrected chi connectivity index (χ3v) is 20.6. The largest absolute Gasteiger partial charge is 0.501 e. The monoisotopic (exact) mass is 2460 g/mol. The van der Waals surface area contributed by atoms with Gasteiger partial charge < -0.3 is 48.1 Å². The number of pyridine rings is 8. The Bertz CT molecular complexity index is 7110. The van der Waals surface area contributed by atoms with E-state index in [0.29, 0.717) is 0 Å². The molecule has 0 saturated heterocycles. The van der Waals surface area contributed by atoms with Gasteiger partial charge >= 0.3 is 0 Å². The number of hydrogen-bond donors (Lipinski definition) is 0. The van der Waals surface area contributed by atoms with Gasteiger partial charge in [0.15, 0.2) is 0 Å². The van der Waals surface area contributed by atoms with Crippen LogP contribution in [0.4, 0.5) is 0 Å². The normalized spacial score (nSPS) is 10.2. The van der Waals surface area contributed by atoms with E-state index in [9.17, 15) is 0 Å². The van der Waals surface area contributed by atoms with Gasteiger partial charge in [0.05, 0.1) is 16.7 Å². The molecule has 0 atom stereocenters. The number of fused-ring (bicyclic) bond motifs is 9. The summed E-state index contributed by atoms with van der Waals surface area (Å²) in [5, 5.41) is 6.71. The Kier molecular flexibility index (Phi) is 38.9. The molecule has 11 nitrogen and oxygen atoms in total. The fourth-order valence-corrected chi connectivity index (χ4v) is 14.0. The number of aromatic nitrogens is 8. The summed E-state index contributed by atoms with van der Waals surface area (Å²) in [5.74, 6) is 0. The summed E-state index contributed by atoms with van der Waals surface area (Å²) in [6, 6.07) is 153. The number of furan rings is 3. The van der Waals surface area contributed by atoms with Gasteiger partial charge in [-0.25, -0.2) is 0 Å².